The van der Waals surface area contributed by atoms with E-state index in [9.17, 15) is 9.59 Å². The zero-order valence-corrected chi connectivity index (χ0v) is 17.6. The Morgan fingerprint density at radius 2 is 1.76 bits per heavy atom. The molecule has 2 N–H and O–H groups in total. The highest BCUT2D eigenvalue weighted by Gasteiger charge is 2.26. The first-order valence-corrected chi connectivity index (χ1v) is 9.97. The van der Waals surface area contributed by atoms with Crippen LogP contribution in [0.3, 0.4) is 0 Å². The van der Waals surface area contributed by atoms with E-state index in [1.54, 1.807) is 0 Å². The van der Waals surface area contributed by atoms with Gasteiger partial charge >= 0.3 is 11.8 Å². The van der Waals surface area contributed by atoms with Gasteiger partial charge in [0.2, 0.25) is 0 Å². The molecule has 1 aliphatic rings. The predicted molar refractivity (Wildman–Crippen MR) is 113 cm³/mol. The summed E-state index contributed by atoms with van der Waals surface area (Å²) in [7, 11) is 1.99. The van der Waals surface area contributed by atoms with Gasteiger partial charge in [-0.05, 0) is 44.0 Å². The van der Waals surface area contributed by atoms with E-state index < -0.39 is 11.8 Å². The number of aryl methyl sites for hydroxylation is 4. The van der Waals surface area contributed by atoms with Crippen molar-refractivity contribution >= 4 is 17.5 Å². The third-order valence-electron chi connectivity index (χ3n) is 5.39. The van der Waals surface area contributed by atoms with Crippen LogP contribution in [0, 0.1) is 20.8 Å². The molecular formula is C22H30N4O3. The number of carbonyl (C=O) groups is 2. The smallest absolute Gasteiger partial charge is 0.313 e. The number of hydrogen-bond acceptors (Lipinski definition) is 4. The van der Waals surface area contributed by atoms with Gasteiger partial charge in [0.25, 0.3) is 0 Å². The lowest BCUT2D eigenvalue weighted by molar-refractivity contribution is -0.136. The standard InChI is InChI=1S/C22H30N4O3/c1-15-12-16(2)20(17(3)13-15)24-22(28)21(27)23-14-19(18-6-5-7-25(18)4)26-8-10-29-11-9-26/h5-7,12-13,19H,8-11,14H2,1-4H3,(H,23,27)(H,24,28). The molecule has 1 fully saturated rings. The SMILES string of the molecule is Cc1cc(C)c(NC(=O)C(=O)NCC(c2cccn2C)N2CCOCC2)c(C)c1. The van der Waals surface area contributed by atoms with Crippen molar-refractivity contribution in [3.05, 3.63) is 52.8 Å². The third kappa shape index (κ3) is 5.05. The summed E-state index contributed by atoms with van der Waals surface area (Å²) in [5, 5.41) is 5.58. The molecule has 3 rings (SSSR count). The van der Waals surface area contributed by atoms with Gasteiger partial charge in [0, 0.05) is 44.3 Å². The Balaban J connectivity index is 1.67. The van der Waals surface area contributed by atoms with Crippen LogP contribution >= 0.6 is 0 Å². The molecular weight excluding hydrogens is 368 g/mol. The van der Waals surface area contributed by atoms with Gasteiger partial charge in [-0.15, -0.1) is 0 Å². The van der Waals surface area contributed by atoms with Crippen LogP contribution in [0.15, 0.2) is 30.5 Å². The number of anilines is 1. The van der Waals surface area contributed by atoms with E-state index in [2.05, 4.69) is 15.5 Å². The summed E-state index contributed by atoms with van der Waals surface area (Å²) in [4.78, 5) is 27.3. The second-order valence-corrected chi connectivity index (χ2v) is 7.65. The minimum Gasteiger partial charge on any atom is -0.379 e. The summed E-state index contributed by atoms with van der Waals surface area (Å²) in [6, 6.07) is 8.00. The molecule has 1 atom stereocenters. The lowest BCUT2D eigenvalue weighted by Gasteiger charge is -2.34. The maximum absolute atomic E-state index is 12.5. The number of benzene rings is 1. The third-order valence-corrected chi connectivity index (χ3v) is 5.39. The number of nitrogens with zero attached hydrogens (tertiary/aromatic N) is 2. The van der Waals surface area contributed by atoms with Crippen LogP contribution < -0.4 is 10.6 Å². The highest BCUT2D eigenvalue weighted by atomic mass is 16.5. The summed E-state index contributed by atoms with van der Waals surface area (Å²) in [6.45, 7) is 9.14. The van der Waals surface area contributed by atoms with Gasteiger partial charge in [0.15, 0.2) is 0 Å². The van der Waals surface area contributed by atoms with Crippen molar-refractivity contribution in [2.75, 3.05) is 38.2 Å². The van der Waals surface area contributed by atoms with E-state index in [0.29, 0.717) is 25.4 Å². The molecule has 0 radical (unpaired) electrons. The van der Waals surface area contributed by atoms with Gasteiger partial charge in [0.05, 0.1) is 19.3 Å². The average Bonchev–Trinajstić information content (AvgIpc) is 3.11. The van der Waals surface area contributed by atoms with E-state index in [-0.39, 0.29) is 6.04 Å². The number of nitrogens with one attached hydrogen (secondary N) is 2. The molecule has 1 aromatic carbocycles. The lowest BCUT2D eigenvalue weighted by atomic mass is 10.1. The maximum Gasteiger partial charge on any atom is 0.313 e. The minimum atomic E-state index is -0.646. The van der Waals surface area contributed by atoms with E-state index in [1.165, 1.54) is 0 Å². The molecule has 1 aliphatic heterocycles. The van der Waals surface area contributed by atoms with Crippen LogP contribution in [-0.2, 0) is 21.4 Å². The highest BCUT2D eigenvalue weighted by molar-refractivity contribution is 6.39. The van der Waals surface area contributed by atoms with Crippen LogP contribution in [0.2, 0.25) is 0 Å². The minimum absolute atomic E-state index is 0.0153. The van der Waals surface area contributed by atoms with E-state index in [1.807, 2.05) is 62.8 Å². The van der Waals surface area contributed by atoms with Crippen molar-refractivity contribution in [1.82, 2.24) is 14.8 Å². The molecule has 0 spiro atoms. The van der Waals surface area contributed by atoms with Crippen molar-refractivity contribution in [2.45, 2.75) is 26.8 Å². The summed E-state index contributed by atoms with van der Waals surface area (Å²) in [5.74, 6) is -1.27. The molecule has 2 heterocycles. The van der Waals surface area contributed by atoms with Gasteiger partial charge in [-0.1, -0.05) is 17.7 Å². The van der Waals surface area contributed by atoms with Crippen LogP contribution in [0.4, 0.5) is 5.69 Å². The fourth-order valence-corrected chi connectivity index (χ4v) is 3.95. The molecule has 1 saturated heterocycles. The number of aromatic nitrogens is 1. The van der Waals surface area contributed by atoms with Crippen molar-refractivity contribution < 1.29 is 14.3 Å². The number of morpholine rings is 1. The molecule has 7 heteroatoms. The Morgan fingerprint density at radius 1 is 1.10 bits per heavy atom. The molecule has 29 heavy (non-hydrogen) atoms. The van der Waals surface area contributed by atoms with Gasteiger partial charge in [0.1, 0.15) is 0 Å². The molecule has 0 bridgehead atoms. The Hall–Kier alpha value is -2.64. The number of amides is 2. The maximum atomic E-state index is 12.5. The highest BCUT2D eigenvalue weighted by Crippen LogP contribution is 2.23. The number of hydrogen-bond donors (Lipinski definition) is 2. The monoisotopic (exact) mass is 398 g/mol. The summed E-state index contributed by atoms with van der Waals surface area (Å²) in [6.07, 6.45) is 1.99. The zero-order chi connectivity index (χ0) is 21.0. The van der Waals surface area contributed by atoms with Crippen LogP contribution in [0.5, 0.6) is 0 Å². The Kier molecular flexibility index (Phi) is 6.71. The van der Waals surface area contributed by atoms with E-state index in [4.69, 9.17) is 4.74 Å². The fourth-order valence-electron chi connectivity index (χ4n) is 3.95. The van der Waals surface area contributed by atoms with Gasteiger partial charge in [-0.3, -0.25) is 14.5 Å². The number of ether oxygens (including phenoxy) is 1. The van der Waals surface area contributed by atoms with E-state index in [0.717, 1.165) is 35.5 Å². The van der Waals surface area contributed by atoms with Crippen LogP contribution in [-0.4, -0.2) is 54.1 Å². The molecule has 0 saturated carbocycles. The van der Waals surface area contributed by atoms with Crippen LogP contribution in [0.1, 0.15) is 28.4 Å². The number of rotatable bonds is 5. The Labute approximate surface area is 172 Å². The second-order valence-electron chi connectivity index (χ2n) is 7.65. The fraction of sp³-hybridized carbons (Fsp3) is 0.455. The van der Waals surface area contributed by atoms with E-state index >= 15 is 0 Å². The Bertz CT molecular complexity index is 861. The zero-order valence-electron chi connectivity index (χ0n) is 17.6. The summed E-state index contributed by atoms with van der Waals surface area (Å²) in [5.41, 5.74) is 4.80. The molecule has 2 aromatic rings. The van der Waals surface area contributed by atoms with Crippen molar-refractivity contribution in [3.63, 3.8) is 0 Å². The first-order valence-electron chi connectivity index (χ1n) is 9.97. The molecule has 156 valence electrons. The molecule has 7 nitrogen and oxygen atoms in total. The average molecular weight is 399 g/mol. The van der Waals surface area contributed by atoms with Gasteiger partial charge in [-0.2, -0.15) is 0 Å². The largest absolute Gasteiger partial charge is 0.379 e. The summed E-state index contributed by atoms with van der Waals surface area (Å²) >= 11 is 0. The normalized spacial score (nSPS) is 15.7. The lowest BCUT2D eigenvalue weighted by Crippen LogP contribution is -2.46. The molecule has 1 aromatic heterocycles. The van der Waals surface area contributed by atoms with Gasteiger partial charge < -0.3 is 19.9 Å². The molecule has 2 amide bonds. The van der Waals surface area contributed by atoms with Crippen molar-refractivity contribution in [1.29, 1.82) is 0 Å². The van der Waals surface area contributed by atoms with Gasteiger partial charge in [-0.25, -0.2) is 0 Å². The number of carbonyl (C=O) groups excluding carboxylic acids is 2. The first-order chi connectivity index (χ1) is 13.9. The summed E-state index contributed by atoms with van der Waals surface area (Å²) < 4.78 is 7.51. The molecule has 0 aliphatic carbocycles. The first kappa shape index (κ1) is 21.1. The second kappa shape index (κ2) is 9.24. The molecule has 1 unspecified atom stereocenters. The predicted octanol–water partition coefficient (Wildman–Crippen LogP) is 2.08. The van der Waals surface area contributed by atoms with Crippen molar-refractivity contribution in [3.8, 4) is 0 Å². The van der Waals surface area contributed by atoms with Crippen molar-refractivity contribution in [2.24, 2.45) is 7.05 Å². The topological polar surface area (TPSA) is 75.6 Å². The van der Waals surface area contributed by atoms with Crippen LogP contribution in [0.25, 0.3) is 0 Å². The Morgan fingerprint density at radius 3 is 2.34 bits per heavy atom. The quantitative estimate of drug-likeness (QED) is 0.756.